The number of H-pyrrole nitrogens is 1. The second kappa shape index (κ2) is 11.3. The average Bonchev–Trinajstić information content (AvgIpc) is 3.58. The Bertz CT molecular complexity index is 1570. The summed E-state index contributed by atoms with van der Waals surface area (Å²) in [5.74, 6) is -0.234. The maximum Gasteiger partial charge on any atom is 0.247 e. The summed E-state index contributed by atoms with van der Waals surface area (Å²) in [6, 6.07) is 19.2. The van der Waals surface area contributed by atoms with Gasteiger partial charge in [-0.05, 0) is 52.4 Å². The van der Waals surface area contributed by atoms with E-state index < -0.39 is 6.04 Å². The molecule has 0 spiro atoms. The van der Waals surface area contributed by atoms with Crippen molar-refractivity contribution in [1.29, 1.82) is 0 Å². The minimum atomic E-state index is -0.814. The highest BCUT2D eigenvalue weighted by molar-refractivity contribution is 8.00. The fourth-order valence-electron chi connectivity index (χ4n) is 3.85. The lowest BCUT2D eigenvalue weighted by atomic mass is 10.0. The Balaban J connectivity index is 1.30. The standard InChI is InChI=1S/C25H22ClN9O2S/c26-16-6-9-21(35-14-28-33-34-35)22(11-16)38-13-23(36)30-20(10-15-4-2-1-3-5-15)25(37)29-17-7-8-18-19(12-17)31-32-24(18)27/h1-9,11-12,14,20H,10,13H2,(H,29,37)(H,30,36)(H3,27,31,32)/t20-/m0/s1. The Labute approximate surface area is 226 Å². The van der Waals surface area contributed by atoms with Gasteiger partial charge in [-0.25, -0.2) is 0 Å². The summed E-state index contributed by atoms with van der Waals surface area (Å²) < 4.78 is 1.49. The number of hydrogen-bond acceptors (Lipinski definition) is 8. The molecule has 192 valence electrons. The van der Waals surface area contributed by atoms with Gasteiger partial charge in [0.2, 0.25) is 11.8 Å². The molecule has 0 radical (unpaired) electrons. The quantitative estimate of drug-likeness (QED) is 0.205. The predicted octanol–water partition coefficient (Wildman–Crippen LogP) is 3.23. The zero-order valence-corrected chi connectivity index (χ0v) is 21.4. The minimum absolute atomic E-state index is 0.0490. The number of nitrogens with one attached hydrogen (secondary N) is 3. The molecule has 5 N–H and O–H groups in total. The number of nitrogen functional groups attached to an aromatic ring is 1. The van der Waals surface area contributed by atoms with E-state index in [1.54, 1.807) is 36.4 Å². The second-order valence-corrected chi connectivity index (χ2v) is 9.78. The third-order valence-electron chi connectivity index (χ3n) is 5.67. The van der Waals surface area contributed by atoms with E-state index in [1.165, 1.54) is 22.8 Å². The van der Waals surface area contributed by atoms with Gasteiger partial charge in [-0.1, -0.05) is 41.9 Å². The van der Waals surface area contributed by atoms with Gasteiger partial charge >= 0.3 is 0 Å². The van der Waals surface area contributed by atoms with Gasteiger partial charge in [0.1, 0.15) is 12.4 Å². The average molecular weight is 548 g/mol. The summed E-state index contributed by atoms with van der Waals surface area (Å²) in [6.07, 6.45) is 1.78. The first-order valence-corrected chi connectivity index (χ1v) is 12.9. The van der Waals surface area contributed by atoms with E-state index in [0.29, 0.717) is 34.2 Å². The van der Waals surface area contributed by atoms with E-state index in [9.17, 15) is 9.59 Å². The number of aromatic amines is 1. The molecular formula is C25H22ClN9O2S. The molecule has 0 fully saturated rings. The fourth-order valence-corrected chi connectivity index (χ4v) is 4.98. The zero-order valence-electron chi connectivity index (χ0n) is 19.8. The highest BCUT2D eigenvalue weighted by atomic mass is 35.5. The molecule has 0 aliphatic heterocycles. The molecule has 0 aliphatic carbocycles. The molecular weight excluding hydrogens is 526 g/mol. The molecule has 0 bridgehead atoms. The van der Waals surface area contributed by atoms with Crippen molar-refractivity contribution < 1.29 is 9.59 Å². The highest BCUT2D eigenvalue weighted by Crippen LogP contribution is 2.28. The predicted molar refractivity (Wildman–Crippen MR) is 146 cm³/mol. The number of rotatable bonds is 9. The molecule has 2 amide bonds. The lowest BCUT2D eigenvalue weighted by Crippen LogP contribution is -2.46. The molecule has 0 saturated carbocycles. The number of fused-ring (bicyclic) bond motifs is 1. The van der Waals surface area contributed by atoms with Crippen LogP contribution in [0.4, 0.5) is 11.5 Å². The number of tetrazole rings is 1. The number of amides is 2. The van der Waals surface area contributed by atoms with Crippen molar-refractivity contribution in [1.82, 2.24) is 35.7 Å². The Morgan fingerprint density at radius 1 is 1.11 bits per heavy atom. The molecule has 0 unspecified atom stereocenters. The topological polar surface area (TPSA) is 156 Å². The van der Waals surface area contributed by atoms with E-state index >= 15 is 0 Å². The van der Waals surface area contributed by atoms with E-state index in [-0.39, 0.29) is 17.6 Å². The number of anilines is 2. The van der Waals surface area contributed by atoms with Crippen LogP contribution in [0.25, 0.3) is 16.6 Å². The van der Waals surface area contributed by atoms with Gasteiger partial charge in [-0.2, -0.15) is 9.78 Å². The van der Waals surface area contributed by atoms with E-state index in [2.05, 4.69) is 36.4 Å². The number of aromatic nitrogens is 6. The Morgan fingerprint density at radius 3 is 2.74 bits per heavy atom. The molecule has 11 nitrogen and oxygen atoms in total. The van der Waals surface area contributed by atoms with Crippen LogP contribution in [0.1, 0.15) is 5.56 Å². The first kappa shape index (κ1) is 25.2. The Hall–Kier alpha value is -4.42. The zero-order chi connectivity index (χ0) is 26.5. The molecule has 3 aromatic carbocycles. The number of benzene rings is 3. The van der Waals surface area contributed by atoms with Gasteiger partial charge in [-0.15, -0.1) is 16.9 Å². The molecule has 5 aromatic rings. The van der Waals surface area contributed by atoms with Gasteiger partial charge in [0.15, 0.2) is 5.82 Å². The van der Waals surface area contributed by atoms with Gasteiger partial charge in [0.25, 0.3) is 0 Å². The van der Waals surface area contributed by atoms with Crippen molar-refractivity contribution in [3.63, 3.8) is 0 Å². The summed E-state index contributed by atoms with van der Waals surface area (Å²) in [7, 11) is 0. The van der Waals surface area contributed by atoms with E-state index in [4.69, 9.17) is 17.3 Å². The molecule has 0 saturated heterocycles. The number of thioether (sulfide) groups is 1. The lowest BCUT2D eigenvalue weighted by molar-refractivity contribution is -0.124. The highest BCUT2D eigenvalue weighted by Gasteiger charge is 2.22. The molecule has 13 heteroatoms. The van der Waals surface area contributed by atoms with Crippen molar-refractivity contribution in [3.8, 4) is 5.69 Å². The Morgan fingerprint density at radius 2 is 1.95 bits per heavy atom. The van der Waals surface area contributed by atoms with Gasteiger partial charge in [0, 0.05) is 27.4 Å². The van der Waals surface area contributed by atoms with Crippen LogP contribution >= 0.6 is 23.4 Å². The van der Waals surface area contributed by atoms with E-state index in [1.807, 2.05) is 30.3 Å². The number of nitrogens with zero attached hydrogens (tertiary/aromatic N) is 5. The first-order valence-electron chi connectivity index (χ1n) is 11.5. The smallest absolute Gasteiger partial charge is 0.247 e. The van der Waals surface area contributed by atoms with E-state index in [0.717, 1.165) is 15.8 Å². The van der Waals surface area contributed by atoms with Crippen LogP contribution in [0.15, 0.2) is 78.0 Å². The molecule has 2 heterocycles. The summed E-state index contributed by atoms with van der Waals surface area (Å²) in [6.45, 7) is 0. The van der Waals surface area contributed by atoms with Crippen molar-refractivity contribution in [2.45, 2.75) is 17.4 Å². The van der Waals surface area contributed by atoms with Gasteiger partial charge < -0.3 is 16.4 Å². The third-order valence-corrected chi connectivity index (χ3v) is 6.95. The van der Waals surface area contributed by atoms with Crippen LogP contribution in [-0.4, -0.2) is 54.0 Å². The number of nitrogens with two attached hydrogens (primary N) is 1. The number of halogens is 1. The molecule has 2 aromatic heterocycles. The number of carbonyl (C=O) groups excluding carboxylic acids is 2. The van der Waals surface area contributed by atoms with Gasteiger partial charge in [0.05, 0.1) is 17.0 Å². The summed E-state index contributed by atoms with van der Waals surface area (Å²) in [4.78, 5) is 27.0. The molecule has 5 rings (SSSR count). The van der Waals surface area contributed by atoms with Crippen molar-refractivity contribution in [2.75, 3.05) is 16.8 Å². The lowest BCUT2D eigenvalue weighted by Gasteiger charge is -2.19. The number of hydrogen-bond donors (Lipinski definition) is 4. The maximum atomic E-state index is 13.3. The van der Waals surface area contributed by atoms with Crippen LogP contribution in [0.3, 0.4) is 0 Å². The largest absolute Gasteiger partial charge is 0.382 e. The van der Waals surface area contributed by atoms with Crippen molar-refractivity contribution in [3.05, 3.63) is 83.6 Å². The maximum absolute atomic E-state index is 13.3. The normalized spacial score (nSPS) is 11.8. The fraction of sp³-hybridized carbons (Fsp3) is 0.120. The first-order chi connectivity index (χ1) is 18.5. The van der Waals surface area contributed by atoms with Crippen LogP contribution in [0, 0.1) is 0 Å². The van der Waals surface area contributed by atoms with Gasteiger partial charge in [-0.3, -0.25) is 14.7 Å². The number of carbonyl (C=O) groups is 2. The minimum Gasteiger partial charge on any atom is -0.382 e. The van der Waals surface area contributed by atoms with Crippen LogP contribution in [0.2, 0.25) is 5.02 Å². The van der Waals surface area contributed by atoms with Crippen LogP contribution in [-0.2, 0) is 16.0 Å². The summed E-state index contributed by atoms with van der Waals surface area (Å²) >= 11 is 7.45. The molecule has 38 heavy (non-hydrogen) atoms. The summed E-state index contributed by atoms with van der Waals surface area (Å²) in [5, 5.41) is 25.1. The molecule has 1 atom stereocenters. The third kappa shape index (κ3) is 5.93. The van der Waals surface area contributed by atoms with Crippen LogP contribution in [0.5, 0.6) is 0 Å². The van der Waals surface area contributed by atoms with Crippen molar-refractivity contribution in [2.24, 2.45) is 0 Å². The molecule has 0 aliphatic rings. The van der Waals surface area contributed by atoms with Crippen molar-refractivity contribution >= 4 is 57.6 Å². The van der Waals surface area contributed by atoms with Crippen LogP contribution < -0.4 is 16.4 Å². The summed E-state index contributed by atoms with van der Waals surface area (Å²) in [5.41, 5.74) is 8.68. The monoisotopic (exact) mass is 547 g/mol. The SMILES string of the molecule is Nc1n[nH]c2cc(NC(=O)[C@H](Cc3ccccc3)NC(=O)CSc3cc(Cl)ccc3-n3cnnn3)ccc12. The Kier molecular flexibility index (Phi) is 7.52. The second-order valence-electron chi connectivity index (χ2n) is 8.32.